The van der Waals surface area contributed by atoms with Crippen LogP contribution in [0.1, 0.15) is 0 Å². The fourth-order valence-corrected chi connectivity index (χ4v) is 9.27. The lowest BCUT2D eigenvalue weighted by molar-refractivity contribution is 1.17. The van der Waals surface area contributed by atoms with E-state index in [-0.39, 0.29) is 0 Å². The van der Waals surface area contributed by atoms with Crippen molar-refractivity contribution in [1.82, 2.24) is 9.13 Å². The summed E-state index contributed by atoms with van der Waals surface area (Å²) in [6.07, 6.45) is 0. The lowest BCUT2D eigenvalue weighted by Gasteiger charge is -2.26. The molecule has 0 radical (unpaired) electrons. The van der Waals surface area contributed by atoms with Crippen molar-refractivity contribution in [1.29, 1.82) is 0 Å². The Morgan fingerprint density at radius 2 is 0.821 bits per heavy atom. The molecule has 0 saturated heterocycles. The Morgan fingerprint density at radius 3 is 1.43 bits per heavy atom. The lowest BCUT2D eigenvalue weighted by Crippen LogP contribution is -2.10. The van der Waals surface area contributed by atoms with Crippen LogP contribution in [0.5, 0.6) is 0 Å². The van der Waals surface area contributed by atoms with E-state index in [2.05, 4.69) is 225 Å². The van der Waals surface area contributed by atoms with E-state index in [1.165, 1.54) is 71.6 Å². The minimum absolute atomic E-state index is 1.09. The summed E-state index contributed by atoms with van der Waals surface area (Å²) < 4.78 is 4.88. The normalized spacial score (nSPS) is 11.6. The van der Waals surface area contributed by atoms with Crippen LogP contribution in [0.3, 0.4) is 0 Å². The van der Waals surface area contributed by atoms with Crippen molar-refractivity contribution in [2.45, 2.75) is 0 Å². The molecule has 56 heavy (non-hydrogen) atoms. The smallest absolute Gasteiger partial charge is 0.0648 e. The Labute approximate surface area is 329 Å². The molecule has 0 bridgehead atoms. The summed E-state index contributed by atoms with van der Waals surface area (Å²) in [5.74, 6) is 0. The first-order valence-electron chi connectivity index (χ1n) is 19.0. The Bertz CT molecular complexity index is 3060. The molecule has 0 aliphatic rings. The Balaban J connectivity index is 1.07. The van der Waals surface area contributed by atoms with Gasteiger partial charge in [0, 0.05) is 60.7 Å². The molecule has 3 aromatic heterocycles. The van der Waals surface area contributed by atoms with Crippen LogP contribution in [0.4, 0.5) is 17.1 Å². The fourth-order valence-electron chi connectivity index (χ4n) is 8.47. The third-order valence-electron chi connectivity index (χ3n) is 11.1. The highest BCUT2D eigenvalue weighted by Gasteiger charge is 2.22. The summed E-state index contributed by atoms with van der Waals surface area (Å²) in [6.45, 7) is 0. The van der Waals surface area contributed by atoms with Gasteiger partial charge in [-0.1, -0.05) is 127 Å². The average molecular weight is 734 g/mol. The van der Waals surface area contributed by atoms with Crippen LogP contribution in [0.25, 0.3) is 77.2 Å². The molecule has 264 valence electrons. The van der Waals surface area contributed by atoms with E-state index >= 15 is 0 Å². The molecule has 11 aromatic rings. The van der Waals surface area contributed by atoms with Crippen LogP contribution in [-0.2, 0) is 0 Å². The molecule has 8 aromatic carbocycles. The Hall–Kier alpha value is -7.14. The van der Waals surface area contributed by atoms with Gasteiger partial charge in [-0.15, -0.1) is 11.3 Å². The van der Waals surface area contributed by atoms with Crippen LogP contribution in [-0.4, -0.2) is 9.13 Å². The average Bonchev–Trinajstić information content (AvgIpc) is 3.97. The van der Waals surface area contributed by atoms with Crippen LogP contribution >= 0.6 is 11.3 Å². The molecule has 11 rings (SSSR count). The third-order valence-corrected chi connectivity index (χ3v) is 11.8. The van der Waals surface area contributed by atoms with Gasteiger partial charge in [-0.05, 0) is 95.1 Å². The van der Waals surface area contributed by atoms with E-state index < -0.39 is 0 Å². The number of thiophene rings is 1. The minimum Gasteiger partial charge on any atom is -0.311 e. The summed E-state index contributed by atoms with van der Waals surface area (Å²) in [6, 6.07) is 72.2. The predicted molar refractivity (Wildman–Crippen MR) is 239 cm³/mol. The number of anilines is 3. The van der Waals surface area contributed by atoms with Crippen molar-refractivity contribution in [2.24, 2.45) is 0 Å². The molecule has 0 N–H and O–H groups in total. The third kappa shape index (κ3) is 5.26. The van der Waals surface area contributed by atoms with E-state index in [0.717, 1.165) is 22.7 Å². The Morgan fingerprint density at radius 1 is 0.321 bits per heavy atom. The minimum atomic E-state index is 1.09. The molecule has 0 fully saturated rings. The molecule has 3 nitrogen and oxygen atoms in total. The zero-order valence-corrected chi connectivity index (χ0v) is 31.3. The fraction of sp³-hybridized carbons (Fsp3) is 0. The van der Waals surface area contributed by atoms with Crippen molar-refractivity contribution < 1.29 is 0 Å². The first-order valence-corrected chi connectivity index (χ1v) is 19.9. The van der Waals surface area contributed by atoms with Gasteiger partial charge in [0.1, 0.15) is 0 Å². The molecular formula is C52H35N3S. The van der Waals surface area contributed by atoms with Crippen LogP contribution < -0.4 is 4.90 Å². The number of hydrogen-bond donors (Lipinski definition) is 0. The quantitative estimate of drug-likeness (QED) is 0.159. The van der Waals surface area contributed by atoms with E-state index in [9.17, 15) is 0 Å². The number of rotatable bonds is 7. The van der Waals surface area contributed by atoms with E-state index in [4.69, 9.17) is 0 Å². The van der Waals surface area contributed by atoms with Crippen molar-refractivity contribution in [3.8, 4) is 33.6 Å². The molecule has 0 aliphatic carbocycles. The predicted octanol–water partition coefficient (Wildman–Crippen LogP) is 14.7. The number of aromatic nitrogens is 2. The van der Waals surface area contributed by atoms with Gasteiger partial charge < -0.3 is 14.0 Å². The lowest BCUT2D eigenvalue weighted by atomic mass is 10.0. The van der Waals surface area contributed by atoms with E-state index in [0.29, 0.717) is 0 Å². The van der Waals surface area contributed by atoms with Gasteiger partial charge in [-0.2, -0.15) is 0 Å². The first-order chi connectivity index (χ1) is 27.8. The SMILES string of the molecule is c1ccc(-c2ccc(N(c3ccc(-c4ccccc4)cc3)c3ccc(-n4c5ccccc5c5ccc6c(c7cscc7n6-c6ccccc6)c54)cc3)cc2)cc1. The molecule has 0 saturated carbocycles. The molecule has 4 heteroatoms. The van der Waals surface area contributed by atoms with Gasteiger partial charge in [0.2, 0.25) is 0 Å². The number of hydrogen-bond acceptors (Lipinski definition) is 2. The zero-order chi connectivity index (χ0) is 37.0. The van der Waals surface area contributed by atoms with Crippen molar-refractivity contribution in [2.75, 3.05) is 4.90 Å². The number of fused-ring (bicyclic) bond motifs is 7. The second kappa shape index (κ2) is 13.3. The molecule has 0 amide bonds. The highest BCUT2D eigenvalue weighted by atomic mass is 32.1. The molecule has 0 unspecified atom stereocenters. The van der Waals surface area contributed by atoms with Gasteiger partial charge >= 0.3 is 0 Å². The van der Waals surface area contributed by atoms with E-state index in [1.807, 2.05) is 0 Å². The van der Waals surface area contributed by atoms with Crippen LogP contribution in [0, 0.1) is 0 Å². The van der Waals surface area contributed by atoms with Crippen molar-refractivity contribution >= 4 is 72.0 Å². The first kappa shape index (κ1) is 32.3. The summed E-state index contributed by atoms with van der Waals surface area (Å²) in [4.78, 5) is 2.35. The standard InChI is InChI=1S/C52H35N3S/c1-4-12-36(13-5-1)38-20-24-41(25-21-38)53(42-26-22-39(23-27-42)37-14-6-2-7-15-37)43-28-30-44(31-29-43)55-48-19-11-10-18-45(48)46-32-33-49-51(52(46)55)47-34-56-35-50(47)54(49)40-16-8-3-9-17-40/h1-35H. The van der Waals surface area contributed by atoms with Crippen molar-refractivity contribution in [3.05, 3.63) is 211 Å². The van der Waals surface area contributed by atoms with Gasteiger partial charge in [0.15, 0.2) is 0 Å². The number of para-hydroxylation sites is 2. The summed E-state index contributed by atoms with van der Waals surface area (Å²) in [5, 5.41) is 9.66. The van der Waals surface area contributed by atoms with Crippen LogP contribution in [0.2, 0.25) is 0 Å². The molecule has 3 heterocycles. The highest BCUT2D eigenvalue weighted by molar-refractivity contribution is 7.09. The van der Waals surface area contributed by atoms with Crippen LogP contribution in [0.15, 0.2) is 211 Å². The molecule has 0 aliphatic heterocycles. The monoisotopic (exact) mass is 733 g/mol. The Kier molecular flexibility index (Phi) is 7.68. The van der Waals surface area contributed by atoms with Gasteiger partial charge in [0.25, 0.3) is 0 Å². The topological polar surface area (TPSA) is 13.1 Å². The maximum absolute atomic E-state index is 2.47. The second-order valence-electron chi connectivity index (χ2n) is 14.2. The largest absolute Gasteiger partial charge is 0.311 e. The highest BCUT2D eigenvalue weighted by Crippen LogP contribution is 2.44. The van der Waals surface area contributed by atoms with Gasteiger partial charge in [-0.3, -0.25) is 0 Å². The second-order valence-corrected chi connectivity index (χ2v) is 15.0. The summed E-state index contributed by atoms with van der Waals surface area (Å²) >= 11 is 1.76. The zero-order valence-electron chi connectivity index (χ0n) is 30.5. The van der Waals surface area contributed by atoms with Crippen molar-refractivity contribution in [3.63, 3.8) is 0 Å². The molecule has 0 spiro atoms. The number of benzene rings is 8. The maximum Gasteiger partial charge on any atom is 0.0648 e. The van der Waals surface area contributed by atoms with Gasteiger partial charge in [-0.25, -0.2) is 0 Å². The maximum atomic E-state index is 2.47. The number of nitrogens with zero attached hydrogens (tertiary/aromatic N) is 3. The molecule has 0 atom stereocenters. The summed E-state index contributed by atoms with van der Waals surface area (Å²) in [5.41, 5.74) is 15.3. The van der Waals surface area contributed by atoms with E-state index in [1.54, 1.807) is 11.3 Å². The summed E-state index contributed by atoms with van der Waals surface area (Å²) in [7, 11) is 0. The molecular weight excluding hydrogens is 699 g/mol. The van der Waals surface area contributed by atoms with Gasteiger partial charge in [0.05, 0.1) is 22.1 Å².